The lowest BCUT2D eigenvalue weighted by molar-refractivity contribution is -0.123. The Morgan fingerprint density at radius 2 is 2.53 bits per heavy atom. The lowest BCUT2D eigenvalue weighted by atomic mass is 10.2. The van der Waals surface area contributed by atoms with Crippen LogP contribution < -0.4 is 10.6 Å². The molecule has 1 aliphatic rings. The SMILES string of the molecule is COC1CNC(C(=O)NCc2sccc2C)C1. The molecule has 2 atom stereocenters. The fraction of sp³-hybridized carbons (Fsp3) is 0.583. The Bertz CT molecular complexity index is 392. The number of ether oxygens (including phenoxy) is 1. The van der Waals surface area contributed by atoms with Gasteiger partial charge in [-0.2, -0.15) is 0 Å². The lowest BCUT2D eigenvalue weighted by Gasteiger charge is -2.11. The molecule has 1 aliphatic heterocycles. The van der Waals surface area contributed by atoms with Gasteiger partial charge in [0, 0.05) is 18.5 Å². The molecule has 2 N–H and O–H groups in total. The van der Waals surface area contributed by atoms with E-state index >= 15 is 0 Å². The molecule has 17 heavy (non-hydrogen) atoms. The molecule has 0 saturated carbocycles. The summed E-state index contributed by atoms with van der Waals surface area (Å²) < 4.78 is 5.22. The first-order valence-electron chi connectivity index (χ1n) is 5.77. The average Bonchev–Trinajstić information content (AvgIpc) is 2.94. The van der Waals surface area contributed by atoms with Crippen LogP contribution in [0.5, 0.6) is 0 Å². The van der Waals surface area contributed by atoms with E-state index in [1.807, 2.05) is 5.38 Å². The van der Waals surface area contributed by atoms with E-state index in [1.54, 1.807) is 18.4 Å². The number of hydrogen-bond donors (Lipinski definition) is 2. The summed E-state index contributed by atoms with van der Waals surface area (Å²) >= 11 is 1.68. The summed E-state index contributed by atoms with van der Waals surface area (Å²) in [5.41, 5.74) is 1.24. The fourth-order valence-electron chi connectivity index (χ4n) is 1.96. The van der Waals surface area contributed by atoms with Crippen molar-refractivity contribution in [3.63, 3.8) is 0 Å². The zero-order chi connectivity index (χ0) is 12.3. The number of amides is 1. The van der Waals surface area contributed by atoms with Crippen molar-refractivity contribution < 1.29 is 9.53 Å². The molecule has 1 fully saturated rings. The molecule has 0 aromatic carbocycles. The van der Waals surface area contributed by atoms with Crippen molar-refractivity contribution in [1.29, 1.82) is 0 Å². The molecular formula is C12H18N2O2S. The maximum absolute atomic E-state index is 11.9. The summed E-state index contributed by atoms with van der Waals surface area (Å²) in [6.07, 6.45) is 0.917. The van der Waals surface area contributed by atoms with E-state index in [0.29, 0.717) is 6.54 Å². The van der Waals surface area contributed by atoms with Gasteiger partial charge < -0.3 is 15.4 Å². The Kier molecular flexibility index (Phi) is 4.15. The van der Waals surface area contributed by atoms with E-state index in [0.717, 1.165) is 13.0 Å². The Hall–Kier alpha value is -0.910. The number of carbonyl (C=O) groups excluding carboxylic acids is 1. The van der Waals surface area contributed by atoms with Gasteiger partial charge in [-0.05, 0) is 30.4 Å². The molecule has 2 unspecified atom stereocenters. The van der Waals surface area contributed by atoms with Crippen LogP contribution >= 0.6 is 11.3 Å². The Balaban J connectivity index is 1.80. The van der Waals surface area contributed by atoms with Crippen LogP contribution in [0.4, 0.5) is 0 Å². The lowest BCUT2D eigenvalue weighted by Crippen LogP contribution is -2.39. The summed E-state index contributed by atoms with van der Waals surface area (Å²) in [6.45, 7) is 3.44. The molecule has 5 heteroatoms. The number of nitrogens with one attached hydrogen (secondary N) is 2. The minimum Gasteiger partial charge on any atom is -0.380 e. The Labute approximate surface area is 105 Å². The highest BCUT2D eigenvalue weighted by Crippen LogP contribution is 2.15. The number of carbonyl (C=O) groups is 1. The van der Waals surface area contributed by atoms with Crippen LogP contribution in [-0.4, -0.2) is 31.7 Å². The molecule has 1 saturated heterocycles. The van der Waals surface area contributed by atoms with Gasteiger partial charge in [0.2, 0.25) is 5.91 Å². The largest absolute Gasteiger partial charge is 0.380 e. The van der Waals surface area contributed by atoms with E-state index in [-0.39, 0.29) is 18.1 Å². The third-order valence-electron chi connectivity index (χ3n) is 3.13. The van der Waals surface area contributed by atoms with Crippen molar-refractivity contribution in [3.05, 3.63) is 21.9 Å². The van der Waals surface area contributed by atoms with E-state index in [4.69, 9.17) is 4.74 Å². The molecule has 0 bridgehead atoms. The summed E-state index contributed by atoms with van der Waals surface area (Å²) in [4.78, 5) is 13.1. The summed E-state index contributed by atoms with van der Waals surface area (Å²) in [7, 11) is 1.68. The van der Waals surface area contributed by atoms with Crippen LogP contribution in [0.3, 0.4) is 0 Å². The second-order valence-corrected chi connectivity index (χ2v) is 5.30. The smallest absolute Gasteiger partial charge is 0.237 e. The maximum atomic E-state index is 11.9. The molecule has 0 radical (unpaired) electrons. The molecule has 1 aromatic rings. The van der Waals surface area contributed by atoms with Gasteiger partial charge in [-0.15, -0.1) is 11.3 Å². The zero-order valence-corrected chi connectivity index (χ0v) is 11.0. The van der Waals surface area contributed by atoms with Crippen LogP contribution in [0.25, 0.3) is 0 Å². The molecule has 0 aliphatic carbocycles. The first kappa shape index (κ1) is 12.5. The standard InChI is InChI=1S/C12H18N2O2S/c1-8-3-4-17-11(8)7-14-12(15)10-5-9(16-2)6-13-10/h3-4,9-10,13H,5-7H2,1-2H3,(H,14,15). The highest BCUT2D eigenvalue weighted by molar-refractivity contribution is 7.10. The molecule has 1 aromatic heterocycles. The van der Waals surface area contributed by atoms with Gasteiger partial charge in [0.25, 0.3) is 0 Å². The van der Waals surface area contributed by atoms with Crippen LogP contribution in [-0.2, 0) is 16.1 Å². The number of thiophene rings is 1. The molecule has 2 rings (SSSR count). The van der Waals surface area contributed by atoms with E-state index in [1.165, 1.54) is 10.4 Å². The van der Waals surface area contributed by atoms with Gasteiger partial charge in [-0.3, -0.25) is 4.79 Å². The first-order valence-corrected chi connectivity index (χ1v) is 6.65. The third-order valence-corrected chi connectivity index (χ3v) is 4.15. The van der Waals surface area contributed by atoms with Gasteiger partial charge >= 0.3 is 0 Å². The molecule has 2 heterocycles. The van der Waals surface area contributed by atoms with Crippen molar-refractivity contribution in [2.24, 2.45) is 0 Å². The van der Waals surface area contributed by atoms with Gasteiger partial charge in [0.05, 0.1) is 18.7 Å². The average molecular weight is 254 g/mol. The predicted octanol–water partition coefficient (Wildman–Crippen LogP) is 1.05. The minimum atomic E-state index is -0.111. The van der Waals surface area contributed by atoms with Gasteiger partial charge in [0.15, 0.2) is 0 Å². The number of methoxy groups -OCH3 is 1. The highest BCUT2D eigenvalue weighted by atomic mass is 32.1. The molecule has 0 spiro atoms. The zero-order valence-electron chi connectivity index (χ0n) is 10.2. The topological polar surface area (TPSA) is 50.4 Å². The van der Waals surface area contributed by atoms with Crippen molar-refractivity contribution in [3.8, 4) is 0 Å². The van der Waals surface area contributed by atoms with Crippen LogP contribution in [0.15, 0.2) is 11.4 Å². The normalized spacial score (nSPS) is 23.9. The Morgan fingerprint density at radius 1 is 1.71 bits per heavy atom. The van der Waals surface area contributed by atoms with Crippen LogP contribution in [0.2, 0.25) is 0 Å². The number of aryl methyl sites for hydroxylation is 1. The second-order valence-electron chi connectivity index (χ2n) is 4.30. The van der Waals surface area contributed by atoms with Crippen molar-refractivity contribution in [2.45, 2.75) is 32.0 Å². The van der Waals surface area contributed by atoms with E-state index in [2.05, 4.69) is 23.6 Å². The van der Waals surface area contributed by atoms with Gasteiger partial charge in [0.1, 0.15) is 0 Å². The number of hydrogen-bond acceptors (Lipinski definition) is 4. The van der Waals surface area contributed by atoms with Gasteiger partial charge in [-0.25, -0.2) is 0 Å². The summed E-state index contributed by atoms with van der Waals surface area (Å²) in [6, 6.07) is 1.96. The molecule has 1 amide bonds. The van der Waals surface area contributed by atoms with E-state index in [9.17, 15) is 4.79 Å². The van der Waals surface area contributed by atoms with Crippen molar-refractivity contribution in [1.82, 2.24) is 10.6 Å². The predicted molar refractivity (Wildman–Crippen MR) is 68.1 cm³/mol. The van der Waals surface area contributed by atoms with Gasteiger partial charge in [-0.1, -0.05) is 0 Å². The number of rotatable bonds is 4. The summed E-state index contributed by atoms with van der Waals surface area (Å²) in [5.74, 6) is 0.0670. The molecule has 4 nitrogen and oxygen atoms in total. The van der Waals surface area contributed by atoms with E-state index < -0.39 is 0 Å². The Morgan fingerprint density at radius 3 is 3.12 bits per heavy atom. The first-order chi connectivity index (χ1) is 8.20. The molecular weight excluding hydrogens is 236 g/mol. The molecule has 94 valence electrons. The summed E-state index contributed by atoms with van der Waals surface area (Å²) in [5, 5.41) is 8.18. The fourth-order valence-corrected chi connectivity index (χ4v) is 2.80. The van der Waals surface area contributed by atoms with Crippen molar-refractivity contribution in [2.75, 3.05) is 13.7 Å². The van der Waals surface area contributed by atoms with Crippen LogP contribution in [0.1, 0.15) is 16.9 Å². The monoisotopic (exact) mass is 254 g/mol. The van der Waals surface area contributed by atoms with Crippen LogP contribution in [0, 0.1) is 6.92 Å². The second kappa shape index (κ2) is 5.62. The third kappa shape index (κ3) is 3.06. The maximum Gasteiger partial charge on any atom is 0.237 e. The van der Waals surface area contributed by atoms with Crippen molar-refractivity contribution >= 4 is 17.2 Å². The highest BCUT2D eigenvalue weighted by Gasteiger charge is 2.28. The minimum absolute atomic E-state index is 0.0670. The quantitative estimate of drug-likeness (QED) is 0.844.